The van der Waals surface area contributed by atoms with Crippen LogP contribution in [-0.4, -0.2) is 52.7 Å². The average Bonchev–Trinajstić information content (AvgIpc) is 3.37. The normalized spacial score (nSPS) is 11.5. The molecule has 4 aromatic rings. The van der Waals surface area contributed by atoms with Crippen LogP contribution in [0.4, 0.5) is 4.39 Å². The predicted molar refractivity (Wildman–Crippen MR) is 141 cm³/mol. The highest BCUT2D eigenvalue weighted by molar-refractivity contribution is 7.99. The second-order valence-electron chi connectivity index (χ2n) is 7.85. The molecule has 0 saturated carbocycles. The van der Waals surface area contributed by atoms with Gasteiger partial charge in [-0.2, -0.15) is 4.31 Å². The van der Waals surface area contributed by atoms with E-state index in [1.807, 2.05) is 30.3 Å². The number of benzene rings is 3. The molecule has 0 bridgehead atoms. The lowest BCUT2D eigenvalue weighted by atomic mass is 10.2. The maximum absolute atomic E-state index is 14.3. The minimum atomic E-state index is -4.11. The van der Waals surface area contributed by atoms with Crippen LogP contribution in [0.5, 0.6) is 0 Å². The monoisotopic (exact) mass is 559 g/mol. The van der Waals surface area contributed by atoms with Gasteiger partial charge in [0.1, 0.15) is 5.82 Å². The van der Waals surface area contributed by atoms with E-state index < -0.39 is 28.3 Å². The summed E-state index contributed by atoms with van der Waals surface area (Å²) in [5.74, 6) is 0.0319. The molecule has 0 radical (unpaired) electrons. The minimum absolute atomic E-state index is 0.0459. The van der Waals surface area contributed by atoms with Crippen LogP contribution in [0.25, 0.3) is 11.4 Å². The Morgan fingerprint density at radius 2 is 1.73 bits per heavy atom. The Labute approximate surface area is 223 Å². The van der Waals surface area contributed by atoms with Crippen molar-refractivity contribution in [2.75, 3.05) is 18.8 Å². The third kappa shape index (κ3) is 7.16. The summed E-state index contributed by atoms with van der Waals surface area (Å²) in [5, 5.41) is 10.7. The molecule has 0 aliphatic rings. The van der Waals surface area contributed by atoms with Crippen molar-refractivity contribution >= 4 is 39.3 Å². The van der Waals surface area contributed by atoms with Gasteiger partial charge in [0, 0.05) is 35.0 Å². The van der Waals surface area contributed by atoms with Crippen molar-refractivity contribution in [1.82, 2.24) is 24.8 Å². The largest absolute Gasteiger partial charge is 0.354 e. The van der Waals surface area contributed by atoms with Gasteiger partial charge in [0.25, 0.3) is 0 Å². The summed E-state index contributed by atoms with van der Waals surface area (Å²) in [6.07, 6.45) is 0. The highest BCUT2D eigenvalue weighted by atomic mass is 35.5. The number of carbonyl (C=O) groups is 1. The number of sulfonamides is 1. The van der Waals surface area contributed by atoms with Crippen molar-refractivity contribution in [2.24, 2.45) is 0 Å². The third-order valence-electron chi connectivity index (χ3n) is 5.24. The molecule has 0 aliphatic carbocycles. The molecular formula is C25H23ClFN5O3S2. The average molecular weight is 560 g/mol. The number of hydrogen-bond donors (Lipinski definition) is 2. The number of rotatable bonds is 11. The number of halogens is 2. The van der Waals surface area contributed by atoms with Gasteiger partial charge in [0.2, 0.25) is 21.1 Å². The molecule has 0 unspecified atom stereocenters. The molecule has 3 aromatic carbocycles. The van der Waals surface area contributed by atoms with Crippen LogP contribution >= 0.6 is 23.4 Å². The smallest absolute Gasteiger partial charge is 0.243 e. The first-order chi connectivity index (χ1) is 17.8. The van der Waals surface area contributed by atoms with Gasteiger partial charge >= 0.3 is 0 Å². The summed E-state index contributed by atoms with van der Waals surface area (Å²) >= 11 is 7.23. The van der Waals surface area contributed by atoms with E-state index in [1.165, 1.54) is 54.2 Å². The van der Waals surface area contributed by atoms with Gasteiger partial charge in [-0.3, -0.25) is 9.89 Å². The van der Waals surface area contributed by atoms with Crippen molar-refractivity contribution in [3.8, 4) is 11.4 Å². The van der Waals surface area contributed by atoms with E-state index in [0.717, 1.165) is 9.87 Å². The number of H-pyrrole nitrogens is 1. The Morgan fingerprint density at radius 1 is 1.03 bits per heavy atom. The molecule has 37 heavy (non-hydrogen) atoms. The van der Waals surface area contributed by atoms with Crippen molar-refractivity contribution in [3.63, 3.8) is 0 Å². The second-order valence-corrected chi connectivity index (χ2v) is 11.3. The topological polar surface area (TPSA) is 108 Å². The van der Waals surface area contributed by atoms with Crippen molar-refractivity contribution in [3.05, 3.63) is 95.3 Å². The first-order valence-corrected chi connectivity index (χ1v) is 14.0. The standard InChI is InChI=1S/C25H23ClFN5O3S2/c26-20-10-12-21(13-11-20)37(34,35)32(16-19-8-4-5-9-22(19)27)17-23(33)28-14-15-36-25-29-24(30-31-25)18-6-2-1-3-7-18/h1-13H,14-17H2,(H,28,33)(H,29,30,31). The third-order valence-corrected chi connectivity index (χ3v) is 8.15. The molecule has 192 valence electrons. The summed E-state index contributed by atoms with van der Waals surface area (Å²) in [6.45, 7) is -0.532. The van der Waals surface area contributed by atoms with Crippen LogP contribution < -0.4 is 5.32 Å². The quantitative estimate of drug-likeness (QED) is 0.209. The number of hydrogen-bond acceptors (Lipinski definition) is 6. The number of nitrogens with zero attached hydrogens (tertiary/aromatic N) is 3. The van der Waals surface area contributed by atoms with Gasteiger partial charge in [0.05, 0.1) is 11.4 Å². The zero-order valence-corrected chi connectivity index (χ0v) is 21.9. The van der Waals surface area contributed by atoms with Gasteiger partial charge in [-0.1, -0.05) is 71.9 Å². The van der Waals surface area contributed by atoms with Gasteiger partial charge in [-0.05, 0) is 30.3 Å². The molecule has 4 rings (SSSR count). The Balaban J connectivity index is 1.37. The van der Waals surface area contributed by atoms with Gasteiger partial charge in [-0.15, -0.1) is 5.10 Å². The van der Waals surface area contributed by atoms with E-state index in [9.17, 15) is 17.6 Å². The van der Waals surface area contributed by atoms with Crippen LogP contribution in [0.3, 0.4) is 0 Å². The fourth-order valence-corrected chi connectivity index (χ4v) is 5.54. The minimum Gasteiger partial charge on any atom is -0.354 e. The lowest BCUT2D eigenvalue weighted by molar-refractivity contribution is -0.121. The van der Waals surface area contributed by atoms with E-state index in [0.29, 0.717) is 21.8 Å². The maximum Gasteiger partial charge on any atom is 0.243 e. The number of amides is 1. The van der Waals surface area contributed by atoms with E-state index in [4.69, 9.17) is 11.6 Å². The molecule has 1 aromatic heterocycles. The molecule has 2 N–H and O–H groups in total. The Kier molecular flexibility index (Phi) is 8.93. The molecule has 1 heterocycles. The van der Waals surface area contributed by atoms with E-state index in [-0.39, 0.29) is 23.5 Å². The summed E-state index contributed by atoms with van der Waals surface area (Å²) in [5.41, 5.74) is 1.06. The number of thioether (sulfide) groups is 1. The number of nitrogens with one attached hydrogen (secondary N) is 2. The Bertz CT molecular complexity index is 1450. The molecule has 1 amide bonds. The molecule has 12 heteroatoms. The fraction of sp³-hybridized carbons (Fsp3) is 0.160. The lowest BCUT2D eigenvalue weighted by Gasteiger charge is -2.22. The van der Waals surface area contributed by atoms with Crippen molar-refractivity contribution in [1.29, 1.82) is 0 Å². The van der Waals surface area contributed by atoms with Crippen LogP contribution in [-0.2, 0) is 21.4 Å². The van der Waals surface area contributed by atoms with Gasteiger partial charge in [0.15, 0.2) is 5.82 Å². The Hall–Kier alpha value is -3.25. The van der Waals surface area contributed by atoms with Crippen LogP contribution in [0, 0.1) is 5.82 Å². The lowest BCUT2D eigenvalue weighted by Crippen LogP contribution is -2.41. The summed E-state index contributed by atoms with van der Waals surface area (Å²) in [6, 6.07) is 21.0. The molecule has 0 saturated heterocycles. The van der Waals surface area contributed by atoms with Crippen LogP contribution in [0.1, 0.15) is 5.56 Å². The first kappa shape index (κ1) is 26.8. The zero-order valence-electron chi connectivity index (χ0n) is 19.5. The molecule has 0 atom stereocenters. The highest BCUT2D eigenvalue weighted by Gasteiger charge is 2.27. The van der Waals surface area contributed by atoms with Gasteiger partial charge in [-0.25, -0.2) is 17.8 Å². The molecule has 0 aliphatic heterocycles. The Morgan fingerprint density at radius 3 is 2.46 bits per heavy atom. The van der Waals surface area contributed by atoms with Crippen LogP contribution in [0.15, 0.2) is 88.9 Å². The first-order valence-electron chi connectivity index (χ1n) is 11.2. The second kappa shape index (κ2) is 12.3. The summed E-state index contributed by atoms with van der Waals surface area (Å²) < 4.78 is 41.8. The molecule has 0 spiro atoms. The van der Waals surface area contributed by atoms with Gasteiger partial charge < -0.3 is 5.32 Å². The van der Waals surface area contributed by atoms with E-state index in [1.54, 1.807) is 6.07 Å². The SMILES string of the molecule is O=C(CN(Cc1ccccc1F)S(=O)(=O)c1ccc(Cl)cc1)NCCSc1n[nH]c(-c2ccccc2)n1. The molecule has 8 nitrogen and oxygen atoms in total. The number of carbonyl (C=O) groups excluding carboxylic acids is 1. The van der Waals surface area contributed by atoms with Crippen LogP contribution in [0.2, 0.25) is 5.02 Å². The van der Waals surface area contributed by atoms with Crippen molar-refractivity contribution < 1.29 is 17.6 Å². The number of aromatic nitrogens is 3. The zero-order chi connectivity index (χ0) is 26.3. The summed E-state index contributed by atoms with van der Waals surface area (Å²) in [4.78, 5) is 17.1. The fourth-order valence-electron chi connectivity index (χ4n) is 3.38. The predicted octanol–water partition coefficient (Wildman–Crippen LogP) is 4.36. The van der Waals surface area contributed by atoms with E-state index >= 15 is 0 Å². The maximum atomic E-state index is 14.3. The molecular weight excluding hydrogens is 537 g/mol. The number of aromatic amines is 1. The van der Waals surface area contributed by atoms with E-state index in [2.05, 4.69) is 20.5 Å². The molecule has 0 fully saturated rings. The summed E-state index contributed by atoms with van der Waals surface area (Å²) in [7, 11) is -4.11. The highest BCUT2D eigenvalue weighted by Crippen LogP contribution is 2.22. The van der Waals surface area contributed by atoms with Crippen molar-refractivity contribution in [2.45, 2.75) is 16.6 Å².